The molecule has 2 aromatic carbocycles. The first-order valence-electron chi connectivity index (χ1n) is 9.20. The third-order valence-corrected chi connectivity index (χ3v) is 4.54. The van der Waals surface area contributed by atoms with Crippen LogP contribution in [0.4, 0.5) is 5.69 Å². The normalized spacial score (nSPS) is 13.7. The highest BCUT2D eigenvalue weighted by atomic mass is 16.5. The summed E-state index contributed by atoms with van der Waals surface area (Å²) >= 11 is 0. The van der Waals surface area contributed by atoms with E-state index in [2.05, 4.69) is 10.2 Å². The molecule has 7 heteroatoms. The molecule has 0 unspecified atom stereocenters. The topological polar surface area (TPSA) is 78.9 Å². The van der Waals surface area contributed by atoms with Crippen LogP contribution in [0.2, 0.25) is 0 Å². The van der Waals surface area contributed by atoms with Gasteiger partial charge < -0.3 is 19.9 Å². The molecule has 3 rings (SSSR count). The van der Waals surface area contributed by atoms with Crippen LogP contribution in [0.5, 0.6) is 0 Å². The fourth-order valence-electron chi connectivity index (χ4n) is 2.98. The van der Waals surface area contributed by atoms with Crippen molar-refractivity contribution in [2.75, 3.05) is 44.2 Å². The summed E-state index contributed by atoms with van der Waals surface area (Å²) < 4.78 is 5.00. The molecule has 1 N–H and O–H groups in total. The first-order chi connectivity index (χ1) is 13.6. The summed E-state index contributed by atoms with van der Waals surface area (Å²) in [6.45, 7) is 2.04. The summed E-state index contributed by atoms with van der Waals surface area (Å²) in [5, 5.41) is 2.48. The van der Waals surface area contributed by atoms with Crippen molar-refractivity contribution in [3.63, 3.8) is 0 Å². The molecule has 2 amide bonds. The molecule has 0 bridgehead atoms. The van der Waals surface area contributed by atoms with E-state index in [1.54, 1.807) is 35.2 Å². The molecule has 0 aliphatic carbocycles. The van der Waals surface area contributed by atoms with Crippen molar-refractivity contribution in [2.24, 2.45) is 0 Å². The maximum Gasteiger partial charge on any atom is 0.325 e. The minimum Gasteiger partial charge on any atom is -0.454 e. The van der Waals surface area contributed by atoms with Gasteiger partial charge in [-0.15, -0.1) is 0 Å². The van der Waals surface area contributed by atoms with Gasteiger partial charge in [0.05, 0.1) is 0 Å². The van der Waals surface area contributed by atoms with Gasteiger partial charge in [-0.05, 0) is 24.3 Å². The van der Waals surface area contributed by atoms with Crippen LogP contribution >= 0.6 is 0 Å². The highest BCUT2D eigenvalue weighted by Crippen LogP contribution is 2.15. The summed E-state index contributed by atoms with van der Waals surface area (Å²) in [7, 11) is 0. The molecule has 0 spiro atoms. The van der Waals surface area contributed by atoms with E-state index in [0.29, 0.717) is 18.7 Å². The van der Waals surface area contributed by atoms with Crippen LogP contribution < -0.4 is 10.2 Å². The fraction of sp³-hybridized carbons (Fsp3) is 0.286. The van der Waals surface area contributed by atoms with E-state index < -0.39 is 5.97 Å². The smallest absolute Gasteiger partial charge is 0.325 e. The Hall–Kier alpha value is -3.35. The van der Waals surface area contributed by atoms with Crippen molar-refractivity contribution in [3.8, 4) is 0 Å². The number of carbonyl (C=O) groups excluding carboxylic acids is 3. The predicted molar refractivity (Wildman–Crippen MR) is 105 cm³/mol. The SMILES string of the molecule is O=C(CNC(=O)c1ccccc1)OCC(=O)N1CCN(c2ccccc2)CC1. The minimum atomic E-state index is -0.638. The summed E-state index contributed by atoms with van der Waals surface area (Å²) in [6, 6.07) is 18.6. The maximum atomic E-state index is 12.2. The number of anilines is 1. The van der Waals surface area contributed by atoms with Gasteiger partial charge in [-0.25, -0.2) is 0 Å². The number of hydrogen-bond acceptors (Lipinski definition) is 5. The summed E-state index contributed by atoms with van der Waals surface area (Å²) in [6.07, 6.45) is 0. The molecule has 1 aliphatic rings. The molecule has 1 saturated heterocycles. The van der Waals surface area contributed by atoms with Gasteiger partial charge in [0, 0.05) is 37.4 Å². The van der Waals surface area contributed by atoms with Crippen LogP contribution in [0.15, 0.2) is 60.7 Å². The first kappa shape index (κ1) is 19.4. The highest BCUT2D eigenvalue weighted by molar-refractivity contribution is 5.96. The average Bonchev–Trinajstić information content (AvgIpc) is 2.77. The van der Waals surface area contributed by atoms with E-state index >= 15 is 0 Å². The molecule has 146 valence electrons. The Morgan fingerprint density at radius 1 is 0.857 bits per heavy atom. The van der Waals surface area contributed by atoms with E-state index in [0.717, 1.165) is 18.8 Å². The number of esters is 1. The zero-order valence-electron chi connectivity index (χ0n) is 15.5. The summed E-state index contributed by atoms with van der Waals surface area (Å²) in [5.41, 5.74) is 1.60. The second-order valence-electron chi connectivity index (χ2n) is 6.41. The Kier molecular flexibility index (Phi) is 6.62. The second-order valence-corrected chi connectivity index (χ2v) is 6.41. The quantitative estimate of drug-likeness (QED) is 0.764. The summed E-state index contributed by atoms with van der Waals surface area (Å²) in [4.78, 5) is 39.8. The van der Waals surface area contributed by atoms with Crippen molar-refractivity contribution in [3.05, 3.63) is 66.2 Å². The van der Waals surface area contributed by atoms with Gasteiger partial charge in [-0.1, -0.05) is 36.4 Å². The van der Waals surface area contributed by atoms with Crippen LogP contribution in [-0.4, -0.2) is 62.0 Å². The van der Waals surface area contributed by atoms with Crippen molar-refractivity contribution in [2.45, 2.75) is 0 Å². The third-order valence-electron chi connectivity index (χ3n) is 4.54. The second kappa shape index (κ2) is 9.55. The van der Waals surface area contributed by atoms with Gasteiger partial charge in [0.25, 0.3) is 11.8 Å². The van der Waals surface area contributed by atoms with Crippen molar-refractivity contribution < 1.29 is 19.1 Å². The lowest BCUT2D eigenvalue weighted by Crippen LogP contribution is -2.50. The Labute approximate surface area is 163 Å². The number of nitrogens with one attached hydrogen (secondary N) is 1. The number of para-hydroxylation sites is 1. The number of rotatable bonds is 6. The number of carbonyl (C=O) groups is 3. The van der Waals surface area contributed by atoms with Crippen LogP contribution in [0, 0.1) is 0 Å². The van der Waals surface area contributed by atoms with Gasteiger partial charge in [-0.3, -0.25) is 14.4 Å². The van der Waals surface area contributed by atoms with E-state index in [4.69, 9.17) is 4.74 Å². The van der Waals surface area contributed by atoms with Crippen LogP contribution in [0.25, 0.3) is 0 Å². The average molecular weight is 381 g/mol. The van der Waals surface area contributed by atoms with Gasteiger partial charge >= 0.3 is 5.97 Å². The third kappa shape index (κ3) is 5.33. The Morgan fingerprint density at radius 3 is 2.11 bits per heavy atom. The summed E-state index contributed by atoms with van der Waals surface area (Å²) in [5.74, 6) is -1.23. The first-order valence-corrected chi connectivity index (χ1v) is 9.20. The van der Waals surface area contributed by atoms with Crippen molar-refractivity contribution >= 4 is 23.5 Å². The predicted octanol–water partition coefficient (Wildman–Crippen LogP) is 1.31. The van der Waals surface area contributed by atoms with Crippen molar-refractivity contribution in [1.29, 1.82) is 0 Å². The molecule has 1 aliphatic heterocycles. The van der Waals surface area contributed by atoms with Crippen molar-refractivity contribution in [1.82, 2.24) is 10.2 Å². The fourth-order valence-corrected chi connectivity index (χ4v) is 2.98. The van der Waals surface area contributed by atoms with Gasteiger partial charge in [-0.2, -0.15) is 0 Å². The number of nitrogens with zero attached hydrogens (tertiary/aromatic N) is 2. The number of ether oxygens (including phenoxy) is 1. The zero-order chi connectivity index (χ0) is 19.8. The van der Waals surface area contributed by atoms with E-state index in [1.165, 1.54) is 0 Å². The van der Waals surface area contributed by atoms with Crippen LogP contribution in [-0.2, 0) is 14.3 Å². The van der Waals surface area contributed by atoms with E-state index in [-0.39, 0.29) is 25.0 Å². The standard InChI is InChI=1S/C21H23N3O4/c25-19(24-13-11-23(12-14-24)18-9-5-2-6-10-18)16-28-20(26)15-22-21(27)17-7-3-1-4-8-17/h1-10H,11-16H2,(H,22,27). The number of piperazine rings is 1. The van der Waals surface area contributed by atoms with Gasteiger partial charge in [0.15, 0.2) is 6.61 Å². The lowest BCUT2D eigenvalue weighted by molar-refractivity contribution is -0.151. The molecule has 7 nitrogen and oxygen atoms in total. The number of amides is 2. The molecule has 0 atom stereocenters. The van der Waals surface area contributed by atoms with Gasteiger partial charge in [0.2, 0.25) is 0 Å². The monoisotopic (exact) mass is 381 g/mol. The molecular weight excluding hydrogens is 358 g/mol. The molecule has 0 saturated carbocycles. The number of benzene rings is 2. The molecule has 1 heterocycles. The molecule has 2 aromatic rings. The molecule has 28 heavy (non-hydrogen) atoms. The molecule has 0 radical (unpaired) electrons. The minimum absolute atomic E-state index is 0.226. The van der Waals surface area contributed by atoms with Crippen LogP contribution in [0.1, 0.15) is 10.4 Å². The van der Waals surface area contributed by atoms with E-state index in [1.807, 2.05) is 30.3 Å². The Morgan fingerprint density at radius 2 is 1.46 bits per heavy atom. The van der Waals surface area contributed by atoms with Crippen LogP contribution in [0.3, 0.4) is 0 Å². The largest absolute Gasteiger partial charge is 0.454 e. The lowest BCUT2D eigenvalue weighted by Gasteiger charge is -2.36. The Balaban J connectivity index is 1.36. The lowest BCUT2D eigenvalue weighted by atomic mass is 10.2. The molecule has 0 aromatic heterocycles. The van der Waals surface area contributed by atoms with E-state index in [9.17, 15) is 14.4 Å². The highest BCUT2D eigenvalue weighted by Gasteiger charge is 2.22. The number of hydrogen-bond donors (Lipinski definition) is 1. The molecular formula is C21H23N3O4. The Bertz CT molecular complexity index is 803. The zero-order valence-corrected chi connectivity index (χ0v) is 15.5. The van der Waals surface area contributed by atoms with Gasteiger partial charge in [0.1, 0.15) is 6.54 Å². The molecule has 1 fully saturated rings. The maximum absolute atomic E-state index is 12.2.